The summed E-state index contributed by atoms with van der Waals surface area (Å²) < 4.78 is 6.64. The van der Waals surface area contributed by atoms with Gasteiger partial charge >= 0.3 is 6.09 Å². The average molecular weight is 573 g/mol. The first-order chi connectivity index (χ1) is 19.8. The molecule has 0 saturated carbocycles. The van der Waals surface area contributed by atoms with Crippen molar-refractivity contribution in [1.29, 1.82) is 0 Å². The van der Waals surface area contributed by atoms with E-state index >= 15 is 0 Å². The second-order valence-electron chi connectivity index (χ2n) is 12.1. The highest BCUT2D eigenvalue weighted by Crippen LogP contribution is 2.41. The zero-order chi connectivity index (χ0) is 28.6. The summed E-state index contributed by atoms with van der Waals surface area (Å²) in [7, 11) is 0. The highest BCUT2D eigenvalue weighted by atomic mass is 32.1. The Balaban J connectivity index is 1.09. The van der Waals surface area contributed by atoms with E-state index in [9.17, 15) is 4.79 Å². The number of anilines is 2. The number of pyridine rings is 1. The van der Waals surface area contributed by atoms with Crippen LogP contribution in [-0.4, -0.2) is 64.3 Å². The number of carbonyl (C=O) groups is 1. The lowest BCUT2D eigenvalue weighted by molar-refractivity contribution is 0.0240. The molecule has 1 saturated heterocycles. The minimum absolute atomic E-state index is 0.224. The summed E-state index contributed by atoms with van der Waals surface area (Å²) in [5.74, 6) is 0.904. The number of nitrogens with one attached hydrogen (secondary N) is 1. The van der Waals surface area contributed by atoms with Crippen LogP contribution in [0.5, 0.6) is 0 Å². The maximum atomic E-state index is 12.4. The van der Waals surface area contributed by atoms with Crippen LogP contribution >= 0.6 is 11.3 Å². The van der Waals surface area contributed by atoms with Crippen LogP contribution in [0.25, 0.3) is 20.4 Å². The van der Waals surface area contributed by atoms with Crippen LogP contribution in [-0.2, 0) is 30.4 Å². The molecule has 9 heteroatoms. The number of ether oxygens (including phenoxy) is 1. The lowest BCUT2D eigenvalue weighted by atomic mass is 10.0. The van der Waals surface area contributed by atoms with Crippen LogP contribution in [0.2, 0.25) is 0 Å². The molecule has 0 atom stereocenters. The molecule has 6 rings (SSSR count). The monoisotopic (exact) mass is 572 g/mol. The first-order valence-electron chi connectivity index (χ1n) is 14.9. The molecule has 0 unspecified atom stereocenters. The van der Waals surface area contributed by atoms with E-state index in [1.54, 1.807) is 22.6 Å². The summed E-state index contributed by atoms with van der Waals surface area (Å²) >= 11 is 1.73. The summed E-state index contributed by atoms with van der Waals surface area (Å²) in [4.78, 5) is 32.1. The molecule has 1 aliphatic heterocycles. The van der Waals surface area contributed by atoms with Crippen LogP contribution in [0.4, 0.5) is 16.3 Å². The number of rotatable bonds is 7. The first-order valence-corrected chi connectivity index (χ1v) is 15.8. The maximum absolute atomic E-state index is 12.4. The fraction of sp³-hybridized carbons (Fsp3) is 0.500. The molecule has 216 valence electrons. The van der Waals surface area contributed by atoms with Gasteiger partial charge in [0, 0.05) is 49.5 Å². The number of thiophene rings is 1. The van der Waals surface area contributed by atoms with Crippen LogP contribution in [0.1, 0.15) is 62.9 Å². The normalized spacial score (nSPS) is 15.5. The Morgan fingerprint density at radius 2 is 1.78 bits per heavy atom. The van der Waals surface area contributed by atoms with E-state index in [1.165, 1.54) is 39.9 Å². The van der Waals surface area contributed by atoms with Crippen molar-refractivity contribution in [3.05, 3.63) is 53.0 Å². The van der Waals surface area contributed by atoms with Gasteiger partial charge in [-0.2, -0.15) is 0 Å². The second kappa shape index (κ2) is 11.4. The highest BCUT2D eigenvalue weighted by Gasteiger charge is 2.26. The van der Waals surface area contributed by atoms with Crippen molar-refractivity contribution in [2.24, 2.45) is 0 Å². The number of hydrogen-bond donors (Lipinski definition) is 1. The van der Waals surface area contributed by atoms with Crippen LogP contribution in [0, 0.1) is 0 Å². The molecule has 8 nitrogen and oxygen atoms in total. The van der Waals surface area contributed by atoms with Gasteiger partial charge in [0.1, 0.15) is 22.6 Å². The van der Waals surface area contributed by atoms with Gasteiger partial charge in [0.15, 0.2) is 0 Å². The first kappa shape index (κ1) is 27.7. The van der Waals surface area contributed by atoms with E-state index in [0.717, 1.165) is 72.6 Å². The minimum Gasteiger partial charge on any atom is -0.444 e. The Labute approximate surface area is 246 Å². The van der Waals surface area contributed by atoms with E-state index in [1.807, 2.05) is 20.8 Å². The molecular weight excluding hydrogens is 532 g/mol. The average Bonchev–Trinajstić information content (AvgIpc) is 3.58. The number of aryl methyl sites for hydroxylation is 2. The number of benzene rings is 1. The van der Waals surface area contributed by atoms with E-state index in [2.05, 4.69) is 46.4 Å². The molecule has 0 bridgehead atoms. The van der Waals surface area contributed by atoms with Crippen LogP contribution in [0.3, 0.4) is 0 Å². The smallest absolute Gasteiger partial charge is 0.410 e. The standard InChI is InChI=1S/C32H40N6O2S/c1-5-7-25-23-8-6-9-24(23)26-27-28(41-30(26)36-25)29(35-20-34-27)33-15-14-21-10-12-22(13-11-21)37-16-18-38(19-17-37)31(39)40-32(2,3)4/h10-13,20H,5-9,14-19H2,1-4H3,(H,33,34,35). The lowest BCUT2D eigenvalue weighted by Gasteiger charge is -2.36. The minimum atomic E-state index is -0.466. The van der Waals surface area contributed by atoms with E-state index in [-0.39, 0.29) is 6.09 Å². The van der Waals surface area contributed by atoms with Gasteiger partial charge in [0.2, 0.25) is 0 Å². The Bertz CT molecular complexity index is 1550. The maximum Gasteiger partial charge on any atom is 0.410 e. The van der Waals surface area contributed by atoms with Gasteiger partial charge in [-0.1, -0.05) is 25.5 Å². The molecule has 3 aromatic heterocycles. The van der Waals surface area contributed by atoms with E-state index < -0.39 is 5.60 Å². The molecule has 2 aliphatic rings. The number of fused-ring (bicyclic) bond motifs is 5. The quantitative estimate of drug-likeness (QED) is 0.275. The number of hydrogen-bond acceptors (Lipinski definition) is 8. The van der Waals surface area contributed by atoms with Crippen LogP contribution in [0.15, 0.2) is 30.6 Å². The van der Waals surface area contributed by atoms with Crippen molar-refractivity contribution >= 4 is 49.4 Å². The topological polar surface area (TPSA) is 83.5 Å². The molecule has 1 amide bonds. The summed E-state index contributed by atoms with van der Waals surface area (Å²) in [6, 6.07) is 8.78. The summed E-state index contributed by atoms with van der Waals surface area (Å²) in [5, 5.41) is 4.84. The Morgan fingerprint density at radius 3 is 2.51 bits per heavy atom. The van der Waals surface area contributed by atoms with Crippen molar-refractivity contribution in [2.45, 2.75) is 71.8 Å². The van der Waals surface area contributed by atoms with Gasteiger partial charge < -0.3 is 19.9 Å². The molecule has 1 fully saturated rings. The second-order valence-corrected chi connectivity index (χ2v) is 13.1. The number of aromatic nitrogens is 3. The van der Waals surface area contributed by atoms with Gasteiger partial charge in [0.05, 0.1) is 10.2 Å². The van der Waals surface area contributed by atoms with Crippen molar-refractivity contribution in [3.8, 4) is 0 Å². The molecule has 1 aliphatic carbocycles. The summed E-state index contributed by atoms with van der Waals surface area (Å²) in [6.45, 7) is 11.7. The third-order valence-corrected chi connectivity index (χ3v) is 9.06. The Hall–Kier alpha value is -3.46. The molecule has 4 aromatic rings. The Kier molecular flexibility index (Phi) is 7.72. The van der Waals surface area contributed by atoms with Crippen molar-refractivity contribution in [2.75, 3.05) is 42.9 Å². The Morgan fingerprint density at radius 1 is 1.02 bits per heavy atom. The van der Waals surface area contributed by atoms with E-state index in [4.69, 9.17) is 14.7 Å². The lowest BCUT2D eigenvalue weighted by Crippen LogP contribution is -2.50. The molecule has 1 aromatic carbocycles. The third-order valence-electron chi connectivity index (χ3n) is 7.98. The van der Waals surface area contributed by atoms with Gasteiger partial charge in [0.25, 0.3) is 0 Å². The molecule has 41 heavy (non-hydrogen) atoms. The van der Waals surface area contributed by atoms with E-state index in [0.29, 0.717) is 13.1 Å². The predicted molar refractivity (Wildman–Crippen MR) is 167 cm³/mol. The van der Waals surface area contributed by atoms with Gasteiger partial charge in [-0.15, -0.1) is 11.3 Å². The fourth-order valence-electron chi connectivity index (χ4n) is 6.02. The number of nitrogens with zero attached hydrogens (tertiary/aromatic N) is 5. The largest absolute Gasteiger partial charge is 0.444 e. The van der Waals surface area contributed by atoms with Crippen LogP contribution < -0.4 is 10.2 Å². The van der Waals surface area contributed by atoms with Crippen molar-refractivity contribution < 1.29 is 9.53 Å². The zero-order valence-corrected chi connectivity index (χ0v) is 25.4. The van der Waals surface area contributed by atoms with Gasteiger partial charge in [-0.3, -0.25) is 0 Å². The predicted octanol–water partition coefficient (Wildman–Crippen LogP) is 6.39. The van der Waals surface area contributed by atoms with Gasteiger partial charge in [-0.25, -0.2) is 19.7 Å². The zero-order valence-electron chi connectivity index (χ0n) is 24.6. The SMILES string of the molecule is CCCc1nc2sc3c(NCCc4ccc(N5CCN(C(=O)OC(C)(C)C)CC5)cc4)ncnc3c2c2c1CCC2. The molecule has 0 radical (unpaired) electrons. The van der Waals surface area contributed by atoms with Crippen molar-refractivity contribution in [1.82, 2.24) is 19.9 Å². The van der Waals surface area contributed by atoms with Crippen molar-refractivity contribution in [3.63, 3.8) is 0 Å². The summed E-state index contributed by atoms with van der Waals surface area (Å²) in [6.07, 6.45) is 8.01. The highest BCUT2D eigenvalue weighted by molar-refractivity contribution is 7.26. The number of piperazine rings is 1. The third kappa shape index (κ3) is 5.82. The number of amides is 1. The van der Waals surface area contributed by atoms with Gasteiger partial charge in [-0.05, 0) is 81.7 Å². The molecular formula is C32H40N6O2S. The summed E-state index contributed by atoms with van der Waals surface area (Å²) in [5.41, 5.74) is 7.28. The molecule has 0 spiro atoms. The molecule has 1 N–H and O–H groups in total. The molecule has 4 heterocycles. The fourth-order valence-corrected chi connectivity index (χ4v) is 7.16. The number of carbonyl (C=O) groups excluding carboxylic acids is 1.